The molecule has 5 heteroatoms. The predicted octanol–water partition coefficient (Wildman–Crippen LogP) is 18.0. The van der Waals surface area contributed by atoms with E-state index in [-0.39, 0.29) is 18.5 Å². The minimum absolute atomic E-state index is 0.0855. The standard InChI is InChI=1S/C55H104O5/c1-4-7-10-13-16-19-22-24-26-27-28-30-32-35-38-41-44-47-50-58-51-53(60-55(57)49-46-43-40-37-33-21-18-15-12-9-6-3)52-59-54(56)48-45-42-39-36-34-31-29-25-23-20-17-14-11-8-5-2/h17,20,25,29,53H,4-16,18-19,21-24,26-28,30-52H2,1-3H3/b20-17-,29-25-. The summed E-state index contributed by atoms with van der Waals surface area (Å²) in [4.78, 5) is 25.4. The summed E-state index contributed by atoms with van der Waals surface area (Å²) in [6.07, 6.45) is 60.4. The van der Waals surface area contributed by atoms with E-state index in [9.17, 15) is 9.59 Å². The monoisotopic (exact) mass is 845 g/mol. The first kappa shape index (κ1) is 58.4. The molecule has 0 bridgehead atoms. The van der Waals surface area contributed by atoms with E-state index >= 15 is 0 Å². The molecule has 0 amide bonds. The van der Waals surface area contributed by atoms with Crippen molar-refractivity contribution in [3.63, 3.8) is 0 Å². The molecular weight excluding hydrogens is 741 g/mol. The number of hydrogen-bond acceptors (Lipinski definition) is 5. The van der Waals surface area contributed by atoms with Gasteiger partial charge < -0.3 is 14.2 Å². The van der Waals surface area contributed by atoms with Crippen LogP contribution in [0.2, 0.25) is 0 Å². The van der Waals surface area contributed by atoms with E-state index in [2.05, 4.69) is 45.1 Å². The molecule has 0 radical (unpaired) electrons. The van der Waals surface area contributed by atoms with Crippen LogP contribution >= 0.6 is 0 Å². The van der Waals surface area contributed by atoms with Crippen molar-refractivity contribution in [2.75, 3.05) is 19.8 Å². The molecule has 0 aromatic rings. The number of rotatable bonds is 50. The van der Waals surface area contributed by atoms with Gasteiger partial charge in [-0.1, -0.05) is 251 Å². The molecule has 0 aromatic heterocycles. The first-order chi connectivity index (χ1) is 29.6. The summed E-state index contributed by atoms with van der Waals surface area (Å²) < 4.78 is 17.4. The second-order valence-corrected chi connectivity index (χ2v) is 18.1. The number of carbonyl (C=O) groups is 2. The van der Waals surface area contributed by atoms with Gasteiger partial charge in [0.05, 0.1) is 6.61 Å². The Hall–Kier alpha value is -1.62. The summed E-state index contributed by atoms with van der Waals surface area (Å²) in [5.74, 6) is -0.395. The van der Waals surface area contributed by atoms with Gasteiger partial charge in [0.2, 0.25) is 0 Å². The summed E-state index contributed by atoms with van der Waals surface area (Å²) in [5, 5.41) is 0. The highest BCUT2D eigenvalue weighted by Gasteiger charge is 2.17. The lowest BCUT2D eigenvalue weighted by atomic mass is 10.0. The maximum Gasteiger partial charge on any atom is 0.306 e. The molecule has 0 aliphatic carbocycles. The summed E-state index contributed by atoms with van der Waals surface area (Å²) in [6.45, 7) is 7.84. The van der Waals surface area contributed by atoms with E-state index in [1.165, 1.54) is 205 Å². The highest BCUT2D eigenvalue weighted by molar-refractivity contribution is 5.70. The third kappa shape index (κ3) is 49.0. The quantitative estimate of drug-likeness (QED) is 0.0347. The van der Waals surface area contributed by atoms with Gasteiger partial charge in [-0.15, -0.1) is 0 Å². The van der Waals surface area contributed by atoms with E-state index in [0.717, 1.165) is 51.4 Å². The fourth-order valence-corrected chi connectivity index (χ4v) is 7.95. The minimum atomic E-state index is -0.533. The highest BCUT2D eigenvalue weighted by atomic mass is 16.6. The fraction of sp³-hybridized carbons (Fsp3) is 0.891. The van der Waals surface area contributed by atoms with Crippen molar-refractivity contribution >= 4 is 11.9 Å². The molecule has 0 saturated carbocycles. The number of esters is 2. The lowest BCUT2D eigenvalue weighted by Gasteiger charge is -2.18. The maximum atomic E-state index is 12.8. The molecule has 1 atom stereocenters. The van der Waals surface area contributed by atoms with Crippen LogP contribution in [0.3, 0.4) is 0 Å². The Balaban J connectivity index is 4.19. The van der Waals surface area contributed by atoms with E-state index < -0.39 is 6.10 Å². The average molecular weight is 845 g/mol. The number of ether oxygens (including phenoxy) is 3. The van der Waals surface area contributed by atoms with E-state index in [4.69, 9.17) is 14.2 Å². The zero-order valence-corrected chi connectivity index (χ0v) is 40.7. The molecule has 0 aliphatic heterocycles. The molecule has 0 aromatic carbocycles. The van der Waals surface area contributed by atoms with E-state index in [0.29, 0.717) is 26.1 Å². The first-order valence-electron chi connectivity index (χ1n) is 26.9. The second-order valence-electron chi connectivity index (χ2n) is 18.1. The number of unbranched alkanes of at least 4 members (excludes halogenated alkanes) is 35. The van der Waals surface area contributed by atoms with E-state index in [1.807, 2.05) is 0 Å². The summed E-state index contributed by atoms with van der Waals surface area (Å²) in [5.41, 5.74) is 0. The molecule has 354 valence electrons. The largest absolute Gasteiger partial charge is 0.462 e. The Bertz CT molecular complexity index is 913. The van der Waals surface area contributed by atoms with Gasteiger partial charge in [-0.3, -0.25) is 9.59 Å². The Morgan fingerprint density at radius 2 is 0.700 bits per heavy atom. The molecule has 0 heterocycles. The maximum absolute atomic E-state index is 12.8. The third-order valence-electron chi connectivity index (χ3n) is 12.0. The molecule has 0 saturated heterocycles. The number of allylic oxidation sites excluding steroid dienone is 4. The van der Waals surface area contributed by atoms with Crippen LogP contribution in [0.15, 0.2) is 24.3 Å². The van der Waals surface area contributed by atoms with Crippen LogP contribution in [0.5, 0.6) is 0 Å². The molecule has 0 aliphatic rings. The second kappa shape index (κ2) is 51.7. The van der Waals surface area contributed by atoms with Crippen molar-refractivity contribution in [3.05, 3.63) is 24.3 Å². The Labute approximate surface area is 375 Å². The van der Waals surface area contributed by atoms with Crippen molar-refractivity contribution < 1.29 is 23.8 Å². The van der Waals surface area contributed by atoms with Crippen LogP contribution in [0.4, 0.5) is 0 Å². The summed E-state index contributed by atoms with van der Waals surface area (Å²) in [6, 6.07) is 0. The van der Waals surface area contributed by atoms with Crippen molar-refractivity contribution in [2.24, 2.45) is 0 Å². The van der Waals surface area contributed by atoms with Crippen LogP contribution in [-0.4, -0.2) is 37.9 Å². The topological polar surface area (TPSA) is 61.8 Å². The Morgan fingerprint density at radius 1 is 0.367 bits per heavy atom. The normalized spacial score (nSPS) is 12.2. The molecular formula is C55H104O5. The zero-order valence-electron chi connectivity index (χ0n) is 40.7. The van der Waals surface area contributed by atoms with Gasteiger partial charge in [0.25, 0.3) is 0 Å². The van der Waals surface area contributed by atoms with Crippen LogP contribution in [0, 0.1) is 0 Å². The zero-order chi connectivity index (χ0) is 43.5. The van der Waals surface area contributed by atoms with Crippen LogP contribution in [0.25, 0.3) is 0 Å². The fourth-order valence-electron chi connectivity index (χ4n) is 7.95. The number of carbonyl (C=O) groups excluding carboxylic acids is 2. The Kier molecular flexibility index (Phi) is 50.3. The summed E-state index contributed by atoms with van der Waals surface area (Å²) >= 11 is 0. The molecule has 0 spiro atoms. The van der Waals surface area contributed by atoms with Gasteiger partial charge in [0, 0.05) is 19.4 Å². The van der Waals surface area contributed by atoms with Crippen molar-refractivity contribution in [3.8, 4) is 0 Å². The number of hydrogen-bond donors (Lipinski definition) is 0. The first-order valence-corrected chi connectivity index (χ1v) is 26.9. The molecule has 1 unspecified atom stereocenters. The van der Waals surface area contributed by atoms with Gasteiger partial charge in [-0.05, 0) is 51.4 Å². The van der Waals surface area contributed by atoms with Crippen LogP contribution in [-0.2, 0) is 23.8 Å². The molecule has 0 N–H and O–H groups in total. The van der Waals surface area contributed by atoms with Gasteiger partial charge in [0.1, 0.15) is 6.61 Å². The molecule has 0 rings (SSSR count). The third-order valence-corrected chi connectivity index (χ3v) is 12.0. The van der Waals surface area contributed by atoms with Crippen LogP contribution in [0.1, 0.15) is 290 Å². The van der Waals surface area contributed by atoms with E-state index in [1.54, 1.807) is 0 Å². The van der Waals surface area contributed by atoms with Gasteiger partial charge in [0.15, 0.2) is 6.10 Å². The molecule has 60 heavy (non-hydrogen) atoms. The minimum Gasteiger partial charge on any atom is -0.462 e. The molecule has 5 nitrogen and oxygen atoms in total. The molecule has 0 fully saturated rings. The van der Waals surface area contributed by atoms with Crippen molar-refractivity contribution in [1.82, 2.24) is 0 Å². The highest BCUT2D eigenvalue weighted by Crippen LogP contribution is 2.16. The van der Waals surface area contributed by atoms with Crippen LogP contribution < -0.4 is 0 Å². The van der Waals surface area contributed by atoms with Crippen molar-refractivity contribution in [1.29, 1.82) is 0 Å². The lowest BCUT2D eigenvalue weighted by molar-refractivity contribution is -0.163. The SMILES string of the molecule is CCCCC/C=C\C/C=C\CCCCCCCC(=O)OCC(COCCCCCCCCCCCCCCCCCCCC)OC(=O)CCCCCCCCCCCCC. The smallest absolute Gasteiger partial charge is 0.306 e. The lowest BCUT2D eigenvalue weighted by Crippen LogP contribution is -2.30. The Morgan fingerprint density at radius 3 is 1.13 bits per heavy atom. The average Bonchev–Trinajstić information content (AvgIpc) is 3.25. The van der Waals surface area contributed by atoms with Gasteiger partial charge in [-0.25, -0.2) is 0 Å². The van der Waals surface area contributed by atoms with Gasteiger partial charge in [-0.2, -0.15) is 0 Å². The van der Waals surface area contributed by atoms with Gasteiger partial charge >= 0.3 is 11.9 Å². The predicted molar refractivity (Wildman–Crippen MR) is 261 cm³/mol. The summed E-state index contributed by atoms with van der Waals surface area (Å²) in [7, 11) is 0. The van der Waals surface area contributed by atoms with Crippen molar-refractivity contribution in [2.45, 2.75) is 297 Å².